The van der Waals surface area contributed by atoms with Gasteiger partial charge in [0, 0.05) is 0 Å². The Balaban J connectivity index is 0.854. The second-order valence-corrected chi connectivity index (χ2v) is 26.9. The van der Waals surface area contributed by atoms with Gasteiger partial charge in [-0.2, -0.15) is 0 Å². The summed E-state index contributed by atoms with van der Waals surface area (Å²) in [6, 6.07) is 113. The molecule has 24 rings (SSSR count). The molecule has 0 aromatic heterocycles. The zero-order chi connectivity index (χ0) is 60.5. The summed E-state index contributed by atoms with van der Waals surface area (Å²) in [6.45, 7) is 0. The molecule has 18 aromatic rings. The molecule has 0 N–H and O–H groups in total. The van der Waals surface area contributed by atoms with Crippen LogP contribution in [-0.2, 0) is 0 Å². The Hall–Kier alpha value is -12.2. The molecule has 94 heavy (non-hydrogen) atoms. The van der Waals surface area contributed by atoms with Gasteiger partial charge in [0.2, 0.25) is 0 Å². The summed E-state index contributed by atoms with van der Waals surface area (Å²) in [5, 5.41) is 18.3. The van der Waals surface area contributed by atoms with Crippen molar-refractivity contribution in [1.82, 2.24) is 0 Å². The molecular weight excluding hydrogens is 1130 g/mol. The van der Waals surface area contributed by atoms with Gasteiger partial charge >= 0.3 is 0 Å². The van der Waals surface area contributed by atoms with E-state index in [9.17, 15) is 0 Å². The number of hydrogen-bond acceptors (Lipinski definition) is 0. The molecule has 0 radical (unpaired) electrons. The molecule has 0 saturated heterocycles. The first-order valence-electron chi connectivity index (χ1n) is 33.2. The maximum absolute atomic E-state index is 2.55. The highest BCUT2D eigenvalue weighted by Gasteiger charge is 2.40. The van der Waals surface area contributed by atoms with E-state index in [0.29, 0.717) is 0 Å². The molecule has 0 bridgehead atoms. The Morgan fingerprint density at radius 3 is 0.468 bits per heavy atom. The average molecular weight is 1180 g/mol. The van der Waals surface area contributed by atoms with Crippen molar-refractivity contribution in [1.29, 1.82) is 0 Å². The lowest BCUT2D eigenvalue weighted by atomic mass is 9.79. The van der Waals surface area contributed by atoms with E-state index in [4.69, 9.17) is 0 Å². The highest BCUT2D eigenvalue weighted by Crippen LogP contribution is 2.67. The summed E-state index contributed by atoms with van der Waals surface area (Å²) in [6.07, 6.45) is 0. The van der Waals surface area contributed by atoms with Gasteiger partial charge in [-0.3, -0.25) is 0 Å². The zero-order valence-electron chi connectivity index (χ0n) is 50.7. The molecule has 0 saturated carbocycles. The monoisotopic (exact) mass is 1180 g/mol. The van der Waals surface area contributed by atoms with Gasteiger partial charge in [-0.15, -0.1) is 0 Å². The summed E-state index contributed by atoms with van der Waals surface area (Å²) in [5.41, 5.74) is 41.7. The van der Waals surface area contributed by atoms with Crippen molar-refractivity contribution in [3.8, 4) is 178 Å². The normalized spacial score (nSPS) is 12.9. The molecule has 0 atom stereocenters. The molecule has 0 amide bonds. The van der Waals surface area contributed by atoms with E-state index in [1.54, 1.807) is 0 Å². The van der Waals surface area contributed by atoms with E-state index >= 15 is 0 Å². The van der Waals surface area contributed by atoms with Crippen molar-refractivity contribution in [3.63, 3.8) is 0 Å². The standard InChI is InChI=1S/C94H48/c1-5-21-53-49(17-1)57-29-13-33-61-73(41-37-69(53)81(57)61)85-65-25-9-10-26-66(65)86(74-42-38-70-54-22-6-2-18-50(54)58-30-14-34-62(74)82(58)70)92-78-47-48-80-90-79(46-45-77(89(78)90)91(85)92)93-87(75-43-39-71-55-23-7-3-19-51(55)59-31-15-35-63(75)83(59)71)67-27-11-12-28-68(67)88(94(80)93)76-44-40-72-56-24-8-4-20-52(56)60-32-16-36-64(76)84(60)72/h1-48H. The maximum Gasteiger partial charge on any atom is -0.000718 e. The molecule has 6 aliphatic rings. The molecule has 0 fully saturated rings. The Morgan fingerprint density at radius 2 is 0.245 bits per heavy atom. The Morgan fingerprint density at radius 1 is 0.0851 bits per heavy atom. The highest BCUT2D eigenvalue weighted by molar-refractivity contribution is 6.39. The van der Waals surface area contributed by atoms with Crippen LogP contribution in [0.5, 0.6) is 0 Å². The van der Waals surface area contributed by atoms with Crippen LogP contribution in [0, 0.1) is 0 Å². The van der Waals surface area contributed by atoms with Gasteiger partial charge < -0.3 is 0 Å². The van der Waals surface area contributed by atoms with Crippen LogP contribution >= 0.6 is 0 Å². The minimum Gasteiger partial charge on any atom is -0.0616 e. The number of fused-ring (bicyclic) bond motifs is 20. The van der Waals surface area contributed by atoms with E-state index < -0.39 is 0 Å². The zero-order valence-corrected chi connectivity index (χ0v) is 50.7. The Bertz CT molecular complexity index is 5840. The second-order valence-electron chi connectivity index (χ2n) is 26.9. The molecule has 0 aliphatic heterocycles. The Kier molecular flexibility index (Phi) is 8.80. The van der Waals surface area contributed by atoms with Gasteiger partial charge in [-0.05, 0) is 253 Å². The van der Waals surface area contributed by atoms with Crippen molar-refractivity contribution in [2.45, 2.75) is 0 Å². The molecule has 0 unspecified atom stereocenters. The van der Waals surface area contributed by atoms with E-state index in [1.807, 2.05) is 0 Å². The molecule has 0 nitrogen and oxygen atoms in total. The van der Waals surface area contributed by atoms with Crippen molar-refractivity contribution >= 4 is 75.4 Å². The van der Waals surface area contributed by atoms with Crippen LogP contribution in [0.2, 0.25) is 0 Å². The quantitative estimate of drug-likeness (QED) is 0.165. The number of hydrogen-bond donors (Lipinski definition) is 0. The number of benzene rings is 18. The Labute approximate surface area is 541 Å². The molecule has 6 aliphatic carbocycles. The summed E-state index contributed by atoms with van der Waals surface area (Å²) in [7, 11) is 0. The van der Waals surface area contributed by atoms with E-state index in [2.05, 4.69) is 291 Å². The van der Waals surface area contributed by atoms with Gasteiger partial charge in [0.1, 0.15) is 0 Å². The first-order valence-corrected chi connectivity index (χ1v) is 33.2. The first-order chi connectivity index (χ1) is 46.7. The van der Waals surface area contributed by atoms with Crippen molar-refractivity contribution in [2.24, 2.45) is 0 Å². The molecular formula is C94H48. The smallest absolute Gasteiger partial charge is 0.000718 e. The lowest BCUT2D eigenvalue weighted by molar-refractivity contribution is 1.65. The minimum atomic E-state index is 1.27. The van der Waals surface area contributed by atoms with Gasteiger partial charge in [-0.1, -0.05) is 291 Å². The first kappa shape index (κ1) is 48.6. The van der Waals surface area contributed by atoms with E-state index in [0.717, 1.165) is 0 Å². The second kappa shape index (κ2) is 17.0. The van der Waals surface area contributed by atoms with Gasteiger partial charge in [0.25, 0.3) is 0 Å². The van der Waals surface area contributed by atoms with Gasteiger partial charge in [0.15, 0.2) is 0 Å². The van der Waals surface area contributed by atoms with Crippen LogP contribution < -0.4 is 0 Å². The molecule has 424 valence electrons. The predicted octanol–water partition coefficient (Wildman–Crippen LogP) is 26.3. The van der Waals surface area contributed by atoms with E-state index in [-0.39, 0.29) is 0 Å². The topological polar surface area (TPSA) is 0 Å². The fourth-order valence-electron chi connectivity index (χ4n) is 19.5. The molecule has 0 heterocycles. The van der Waals surface area contributed by atoms with Crippen LogP contribution in [0.4, 0.5) is 0 Å². The molecule has 18 aromatic carbocycles. The van der Waals surface area contributed by atoms with Crippen LogP contribution in [-0.4, -0.2) is 0 Å². The third-order valence-electron chi connectivity index (χ3n) is 22.9. The minimum absolute atomic E-state index is 1.27. The summed E-state index contributed by atoms with van der Waals surface area (Å²) in [5.74, 6) is 0. The van der Waals surface area contributed by atoms with Crippen molar-refractivity contribution in [3.05, 3.63) is 291 Å². The molecule has 0 heteroatoms. The van der Waals surface area contributed by atoms with Crippen molar-refractivity contribution < 1.29 is 0 Å². The largest absolute Gasteiger partial charge is 0.0616 e. The highest BCUT2D eigenvalue weighted by atomic mass is 14.4. The van der Waals surface area contributed by atoms with Crippen LogP contribution in [0.15, 0.2) is 291 Å². The predicted molar refractivity (Wildman–Crippen MR) is 397 cm³/mol. The van der Waals surface area contributed by atoms with Gasteiger partial charge in [-0.25, -0.2) is 0 Å². The van der Waals surface area contributed by atoms with E-state index in [1.165, 1.54) is 253 Å². The van der Waals surface area contributed by atoms with Gasteiger partial charge in [0.05, 0.1) is 0 Å². The third-order valence-corrected chi connectivity index (χ3v) is 22.9. The SMILES string of the molecule is c1ccc2c(c1)-c1cccc3c(-c4c5c(c(-c6ccc7c8c(cccc68)-c6ccccc6-7)c6ccccc46)-c4ccc6c7c(ccc-5c47)-c4c-6c(-c5ccc6c7c(cccc57)-c5ccccc5-6)c5ccccc5c4-c4ccc5c6c(cccc46)-c4ccccc4-5)ccc-2c13. The fourth-order valence-corrected chi connectivity index (χ4v) is 19.5. The summed E-state index contributed by atoms with van der Waals surface area (Å²) in [4.78, 5) is 0. The summed E-state index contributed by atoms with van der Waals surface area (Å²) < 4.78 is 0. The average Bonchev–Trinajstić information content (AvgIpc) is 1.50. The van der Waals surface area contributed by atoms with Crippen LogP contribution in [0.3, 0.4) is 0 Å². The maximum atomic E-state index is 2.55. The fraction of sp³-hybridized carbons (Fsp3) is 0. The van der Waals surface area contributed by atoms with Crippen LogP contribution in [0.25, 0.3) is 253 Å². The molecule has 0 spiro atoms. The lowest BCUT2D eigenvalue weighted by Gasteiger charge is -2.23. The number of rotatable bonds is 4. The van der Waals surface area contributed by atoms with Crippen molar-refractivity contribution in [2.75, 3.05) is 0 Å². The lowest BCUT2D eigenvalue weighted by Crippen LogP contribution is -1.96. The third kappa shape index (κ3) is 5.66. The summed E-state index contributed by atoms with van der Waals surface area (Å²) >= 11 is 0. The van der Waals surface area contributed by atoms with Crippen LogP contribution in [0.1, 0.15) is 0 Å².